The van der Waals surface area contributed by atoms with Gasteiger partial charge in [-0.3, -0.25) is 4.79 Å². The van der Waals surface area contributed by atoms with E-state index in [1.54, 1.807) is 0 Å². The second kappa shape index (κ2) is 8.51. The molecule has 1 heterocycles. The highest BCUT2D eigenvalue weighted by atomic mass is 16.2. The predicted molar refractivity (Wildman–Crippen MR) is 71.8 cm³/mol. The van der Waals surface area contributed by atoms with Crippen molar-refractivity contribution in [2.45, 2.75) is 70.8 Å². The fourth-order valence-corrected chi connectivity index (χ4v) is 2.36. The summed E-state index contributed by atoms with van der Waals surface area (Å²) in [6.07, 6.45) is 10.2. The molecule has 17 heavy (non-hydrogen) atoms. The summed E-state index contributed by atoms with van der Waals surface area (Å²) in [5.74, 6) is 0.340. The van der Waals surface area contributed by atoms with Crippen molar-refractivity contribution in [3.05, 3.63) is 0 Å². The molecule has 0 bridgehead atoms. The molecule has 0 atom stereocenters. The van der Waals surface area contributed by atoms with E-state index in [0.29, 0.717) is 11.9 Å². The van der Waals surface area contributed by atoms with Crippen molar-refractivity contribution in [3.63, 3.8) is 0 Å². The number of hydrogen-bond donors (Lipinski definition) is 1. The Kier molecular flexibility index (Phi) is 7.25. The molecule has 2 N–H and O–H groups in total. The average Bonchev–Trinajstić information content (AvgIpc) is 2.34. The lowest BCUT2D eigenvalue weighted by atomic mass is 10.0. The van der Waals surface area contributed by atoms with E-state index in [0.717, 1.165) is 38.8 Å². The van der Waals surface area contributed by atoms with Crippen molar-refractivity contribution >= 4 is 5.91 Å². The third-order valence-electron chi connectivity index (χ3n) is 3.64. The summed E-state index contributed by atoms with van der Waals surface area (Å²) in [4.78, 5) is 13.9. The number of unbranched alkanes of at least 4 members (excludes halogenated alkanes) is 5. The van der Waals surface area contributed by atoms with Gasteiger partial charge in [0, 0.05) is 25.6 Å². The maximum Gasteiger partial charge on any atom is 0.222 e. The quantitative estimate of drug-likeness (QED) is 0.695. The lowest BCUT2D eigenvalue weighted by Gasteiger charge is -2.30. The fraction of sp³-hybridized carbons (Fsp3) is 0.929. The summed E-state index contributed by atoms with van der Waals surface area (Å²) in [7, 11) is 0. The largest absolute Gasteiger partial charge is 0.343 e. The Hall–Kier alpha value is -0.570. The van der Waals surface area contributed by atoms with Crippen molar-refractivity contribution in [2.75, 3.05) is 13.1 Å². The van der Waals surface area contributed by atoms with Crippen LogP contribution in [0.1, 0.15) is 64.7 Å². The van der Waals surface area contributed by atoms with Crippen molar-refractivity contribution < 1.29 is 4.79 Å². The molecule has 0 aromatic carbocycles. The van der Waals surface area contributed by atoms with Crippen LogP contribution in [0, 0.1) is 0 Å². The standard InChI is InChI=1S/C14H28N2O/c1-2-3-4-5-6-7-8-14(17)16-11-9-13(15)10-12-16/h13H,2-12,15H2,1H3. The highest BCUT2D eigenvalue weighted by Gasteiger charge is 2.19. The van der Waals surface area contributed by atoms with Gasteiger partial charge in [0.15, 0.2) is 0 Å². The molecule has 1 aliphatic heterocycles. The Bertz CT molecular complexity index is 210. The molecule has 100 valence electrons. The lowest BCUT2D eigenvalue weighted by Crippen LogP contribution is -2.42. The van der Waals surface area contributed by atoms with Gasteiger partial charge < -0.3 is 10.6 Å². The monoisotopic (exact) mass is 240 g/mol. The first-order valence-corrected chi connectivity index (χ1v) is 7.27. The maximum atomic E-state index is 11.9. The van der Waals surface area contributed by atoms with Gasteiger partial charge >= 0.3 is 0 Å². The van der Waals surface area contributed by atoms with Crippen LogP contribution in [-0.4, -0.2) is 29.9 Å². The molecule has 0 saturated carbocycles. The van der Waals surface area contributed by atoms with Crippen LogP contribution in [-0.2, 0) is 4.79 Å². The molecule has 0 radical (unpaired) electrons. The van der Waals surface area contributed by atoms with E-state index in [4.69, 9.17) is 5.73 Å². The van der Waals surface area contributed by atoms with Crippen LogP contribution in [0.25, 0.3) is 0 Å². The second-order valence-electron chi connectivity index (χ2n) is 5.24. The smallest absolute Gasteiger partial charge is 0.222 e. The maximum absolute atomic E-state index is 11.9. The molecule has 0 aromatic rings. The number of nitrogens with zero attached hydrogens (tertiary/aromatic N) is 1. The van der Waals surface area contributed by atoms with Gasteiger partial charge in [0.25, 0.3) is 0 Å². The number of rotatable bonds is 7. The molecule has 3 heteroatoms. The summed E-state index contributed by atoms with van der Waals surface area (Å²) in [5, 5.41) is 0. The Morgan fingerprint density at radius 3 is 2.35 bits per heavy atom. The van der Waals surface area contributed by atoms with Gasteiger partial charge in [-0.25, -0.2) is 0 Å². The van der Waals surface area contributed by atoms with E-state index in [9.17, 15) is 4.79 Å². The third kappa shape index (κ3) is 6.06. The zero-order valence-electron chi connectivity index (χ0n) is 11.3. The molecule has 1 amide bonds. The highest BCUT2D eigenvalue weighted by Crippen LogP contribution is 2.12. The molecule has 1 saturated heterocycles. The first-order chi connectivity index (χ1) is 8.24. The first kappa shape index (κ1) is 14.5. The van der Waals surface area contributed by atoms with E-state index in [1.807, 2.05) is 4.90 Å². The van der Waals surface area contributed by atoms with Crippen molar-refractivity contribution in [3.8, 4) is 0 Å². The van der Waals surface area contributed by atoms with E-state index in [2.05, 4.69) is 6.92 Å². The van der Waals surface area contributed by atoms with Gasteiger partial charge in [-0.1, -0.05) is 39.0 Å². The fourth-order valence-electron chi connectivity index (χ4n) is 2.36. The Morgan fingerprint density at radius 2 is 1.71 bits per heavy atom. The highest BCUT2D eigenvalue weighted by molar-refractivity contribution is 5.76. The molecule has 0 aliphatic carbocycles. The number of hydrogen-bond acceptors (Lipinski definition) is 2. The Balaban J connectivity index is 2.01. The molecule has 0 spiro atoms. The Morgan fingerprint density at radius 1 is 1.12 bits per heavy atom. The van der Waals surface area contributed by atoms with Crippen LogP contribution in [0.15, 0.2) is 0 Å². The topological polar surface area (TPSA) is 46.3 Å². The summed E-state index contributed by atoms with van der Waals surface area (Å²) in [5.41, 5.74) is 5.83. The molecular formula is C14H28N2O. The summed E-state index contributed by atoms with van der Waals surface area (Å²) in [6, 6.07) is 0.313. The number of carbonyl (C=O) groups is 1. The van der Waals surface area contributed by atoms with Crippen LogP contribution in [0.4, 0.5) is 0 Å². The molecule has 3 nitrogen and oxygen atoms in total. The first-order valence-electron chi connectivity index (χ1n) is 7.27. The molecular weight excluding hydrogens is 212 g/mol. The van der Waals surface area contributed by atoms with Crippen molar-refractivity contribution in [1.82, 2.24) is 4.90 Å². The van der Waals surface area contributed by atoms with E-state index >= 15 is 0 Å². The van der Waals surface area contributed by atoms with Gasteiger partial charge in [-0.05, 0) is 19.3 Å². The van der Waals surface area contributed by atoms with E-state index in [1.165, 1.54) is 32.1 Å². The number of amides is 1. The van der Waals surface area contributed by atoms with Crippen LogP contribution < -0.4 is 5.73 Å². The number of likely N-dealkylation sites (tertiary alicyclic amines) is 1. The molecule has 0 aromatic heterocycles. The van der Waals surface area contributed by atoms with Crippen LogP contribution >= 0.6 is 0 Å². The van der Waals surface area contributed by atoms with Crippen LogP contribution in [0.2, 0.25) is 0 Å². The Labute approximate surface area is 106 Å². The van der Waals surface area contributed by atoms with E-state index in [-0.39, 0.29) is 0 Å². The zero-order valence-corrected chi connectivity index (χ0v) is 11.3. The van der Waals surface area contributed by atoms with Gasteiger partial charge in [0.2, 0.25) is 5.91 Å². The normalized spacial score (nSPS) is 17.4. The second-order valence-corrected chi connectivity index (χ2v) is 5.24. The zero-order chi connectivity index (χ0) is 12.5. The molecule has 1 aliphatic rings. The SMILES string of the molecule is CCCCCCCCC(=O)N1CCC(N)CC1. The average molecular weight is 240 g/mol. The van der Waals surface area contributed by atoms with Gasteiger partial charge in [-0.15, -0.1) is 0 Å². The third-order valence-corrected chi connectivity index (χ3v) is 3.64. The predicted octanol–water partition coefficient (Wildman–Crippen LogP) is 2.69. The van der Waals surface area contributed by atoms with E-state index < -0.39 is 0 Å². The van der Waals surface area contributed by atoms with Gasteiger partial charge in [-0.2, -0.15) is 0 Å². The minimum Gasteiger partial charge on any atom is -0.343 e. The minimum atomic E-state index is 0.313. The minimum absolute atomic E-state index is 0.313. The van der Waals surface area contributed by atoms with Crippen LogP contribution in [0.3, 0.4) is 0 Å². The summed E-state index contributed by atoms with van der Waals surface area (Å²) < 4.78 is 0. The lowest BCUT2D eigenvalue weighted by molar-refractivity contribution is -0.132. The van der Waals surface area contributed by atoms with Crippen LogP contribution in [0.5, 0.6) is 0 Å². The van der Waals surface area contributed by atoms with Crippen molar-refractivity contribution in [2.24, 2.45) is 5.73 Å². The van der Waals surface area contributed by atoms with Gasteiger partial charge in [0.1, 0.15) is 0 Å². The number of carbonyl (C=O) groups excluding carboxylic acids is 1. The number of piperidine rings is 1. The molecule has 0 unspecified atom stereocenters. The molecule has 1 fully saturated rings. The summed E-state index contributed by atoms with van der Waals surface area (Å²) >= 11 is 0. The summed E-state index contributed by atoms with van der Waals surface area (Å²) in [6.45, 7) is 3.97. The van der Waals surface area contributed by atoms with Crippen molar-refractivity contribution in [1.29, 1.82) is 0 Å². The molecule has 1 rings (SSSR count). The van der Waals surface area contributed by atoms with Gasteiger partial charge in [0.05, 0.1) is 0 Å². The number of nitrogens with two attached hydrogens (primary N) is 1.